The number of para-hydroxylation sites is 2. The van der Waals surface area contributed by atoms with Crippen molar-refractivity contribution in [3.63, 3.8) is 0 Å². The summed E-state index contributed by atoms with van der Waals surface area (Å²) in [5, 5.41) is 10.7. The predicted molar refractivity (Wildman–Crippen MR) is 274 cm³/mol. The highest BCUT2D eigenvalue weighted by Gasteiger charge is 2.40. The highest BCUT2D eigenvalue weighted by Crippen LogP contribution is 2.46. The van der Waals surface area contributed by atoms with Gasteiger partial charge < -0.3 is 9.80 Å². The average Bonchev–Trinajstić information content (AvgIpc) is 3.79. The topological polar surface area (TPSA) is 6.48 Å². The zero-order chi connectivity index (χ0) is 42.3. The van der Waals surface area contributed by atoms with Gasteiger partial charge in [0.1, 0.15) is 16.1 Å². The lowest BCUT2D eigenvalue weighted by atomic mass is 10.1. The highest BCUT2D eigenvalue weighted by molar-refractivity contribution is 7.02. The Balaban J connectivity index is 0.858. The molecular weight excluding hydrogens is 781 g/mol. The number of rotatable bonds is 10. The SMILES string of the molecule is C[Si]1(C)C(c2ccc(C=Cc3ccc(C4=CC=C(N(c5ccccc5)c5cccc6ccccc56)[Si]4(C)C)cc3)cc2)=CC=C1N(c1ccccc1)c1cccc2ccccc12. The first-order chi connectivity index (χ1) is 30.3. The molecule has 0 fully saturated rings. The van der Waals surface area contributed by atoms with Crippen LogP contribution in [-0.4, -0.2) is 16.1 Å². The molecule has 2 aliphatic heterocycles. The van der Waals surface area contributed by atoms with E-state index >= 15 is 0 Å². The number of benzene rings is 8. The van der Waals surface area contributed by atoms with Gasteiger partial charge in [-0.1, -0.05) is 208 Å². The molecule has 62 heavy (non-hydrogen) atoms. The minimum Gasteiger partial charge on any atom is -0.317 e. The van der Waals surface area contributed by atoms with Gasteiger partial charge in [0.25, 0.3) is 0 Å². The lowest BCUT2D eigenvalue weighted by Gasteiger charge is -2.36. The van der Waals surface area contributed by atoms with Gasteiger partial charge in [0, 0.05) is 32.8 Å². The third-order valence-corrected chi connectivity index (χ3v) is 19.8. The summed E-state index contributed by atoms with van der Waals surface area (Å²) in [5.41, 5.74) is 9.83. The second-order valence-corrected chi connectivity index (χ2v) is 26.0. The van der Waals surface area contributed by atoms with Crippen molar-refractivity contribution in [3.8, 4) is 0 Å². The van der Waals surface area contributed by atoms with Gasteiger partial charge in [-0.2, -0.15) is 0 Å². The van der Waals surface area contributed by atoms with Gasteiger partial charge in [-0.15, -0.1) is 0 Å². The molecule has 8 aromatic rings. The number of fused-ring (bicyclic) bond motifs is 2. The lowest BCUT2D eigenvalue weighted by molar-refractivity contribution is 1.25. The monoisotopic (exact) mass is 830 g/mol. The fourth-order valence-corrected chi connectivity index (χ4v) is 15.5. The largest absolute Gasteiger partial charge is 0.317 e. The van der Waals surface area contributed by atoms with Gasteiger partial charge in [0.05, 0.1) is 11.4 Å². The molecule has 0 unspecified atom stereocenters. The Morgan fingerprint density at radius 2 is 0.694 bits per heavy atom. The number of hydrogen-bond acceptors (Lipinski definition) is 2. The molecule has 2 heterocycles. The summed E-state index contributed by atoms with van der Waals surface area (Å²) in [5.74, 6) is 0. The molecule has 10 rings (SSSR count). The van der Waals surface area contributed by atoms with Crippen LogP contribution in [0.25, 0.3) is 44.1 Å². The van der Waals surface area contributed by atoms with E-state index in [1.807, 2.05) is 0 Å². The Bertz CT molecular complexity index is 2880. The number of nitrogens with zero attached hydrogens (tertiary/aromatic N) is 2. The molecular formula is C58H50N2Si2. The molecule has 0 saturated carbocycles. The Morgan fingerprint density at radius 3 is 1.10 bits per heavy atom. The van der Waals surface area contributed by atoms with Crippen LogP contribution < -0.4 is 9.80 Å². The van der Waals surface area contributed by atoms with Crippen LogP contribution in [0.4, 0.5) is 22.7 Å². The third kappa shape index (κ3) is 7.11. The van der Waals surface area contributed by atoms with Crippen LogP contribution in [0.5, 0.6) is 0 Å². The smallest absolute Gasteiger partial charge is 0.134 e. The van der Waals surface area contributed by atoms with Gasteiger partial charge in [-0.05, 0) is 92.0 Å². The maximum absolute atomic E-state index is 2.51. The quantitative estimate of drug-likeness (QED) is 0.100. The molecule has 0 saturated heterocycles. The van der Waals surface area contributed by atoms with Crippen molar-refractivity contribution in [2.45, 2.75) is 26.2 Å². The molecule has 300 valence electrons. The molecule has 0 atom stereocenters. The maximum atomic E-state index is 2.51. The molecule has 2 nitrogen and oxygen atoms in total. The summed E-state index contributed by atoms with van der Waals surface area (Å²) in [6, 6.07) is 70.8. The first-order valence-corrected chi connectivity index (χ1v) is 27.7. The summed E-state index contributed by atoms with van der Waals surface area (Å²) in [6.07, 6.45) is 14.0. The molecule has 2 aliphatic rings. The first kappa shape index (κ1) is 39.2. The summed E-state index contributed by atoms with van der Waals surface area (Å²) >= 11 is 0. The van der Waals surface area contributed by atoms with Gasteiger partial charge in [-0.3, -0.25) is 0 Å². The van der Waals surface area contributed by atoms with Crippen LogP contribution in [-0.2, 0) is 0 Å². The summed E-state index contributed by atoms with van der Waals surface area (Å²) in [6.45, 7) is 9.96. The van der Waals surface area contributed by atoms with E-state index in [-0.39, 0.29) is 0 Å². The van der Waals surface area contributed by atoms with Crippen LogP contribution in [0.2, 0.25) is 26.2 Å². The Kier molecular flexibility index (Phi) is 10.2. The van der Waals surface area contributed by atoms with E-state index in [1.54, 1.807) is 0 Å². The van der Waals surface area contributed by atoms with E-state index in [4.69, 9.17) is 0 Å². The molecule has 0 aromatic heterocycles. The Morgan fingerprint density at radius 1 is 0.339 bits per heavy atom. The van der Waals surface area contributed by atoms with Crippen molar-refractivity contribution in [3.05, 3.63) is 251 Å². The minimum absolute atomic E-state index is 1.19. The van der Waals surface area contributed by atoms with Crippen LogP contribution >= 0.6 is 0 Å². The molecule has 0 spiro atoms. The standard InChI is InChI=1S/C58H50N2Si2/c1-61(2)55(39-41-57(61)59(49-21-7-5-8-22-49)53-27-15-19-45-17-11-13-25-51(45)53)47-35-31-43(32-36-47)29-30-44-33-37-48(38-34-44)56-40-42-58(62(56,3)4)60(50-23-9-6-10-24-50)54-28-16-20-46-18-12-14-26-52(46)54/h5-42H,1-4H3. The van der Waals surface area contributed by atoms with Gasteiger partial charge in [0.15, 0.2) is 0 Å². The van der Waals surface area contributed by atoms with Crippen LogP contribution in [0.15, 0.2) is 229 Å². The van der Waals surface area contributed by atoms with Gasteiger partial charge in [0.2, 0.25) is 0 Å². The van der Waals surface area contributed by atoms with E-state index in [0.717, 1.165) is 0 Å². The third-order valence-electron chi connectivity index (χ3n) is 12.9. The number of allylic oxidation sites excluding steroid dienone is 4. The summed E-state index contributed by atoms with van der Waals surface area (Å²) < 4.78 is 0. The van der Waals surface area contributed by atoms with Crippen molar-refractivity contribution < 1.29 is 0 Å². The molecule has 0 radical (unpaired) electrons. The normalized spacial score (nSPS) is 15.4. The highest BCUT2D eigenvalue weighted by atomic mass is 28.3. The van der Waals surface area contributed by atoms with Gasteiger partial charge in [-0.25, -0.2) is 0 Å². The second-order valence-electron chi connectivity index (χ2n) is 17.4. The molecule has 0 aliphatic carbocycles. The molecule has 4 heteroatoms. The van der Waals surface area contributed by atoms with E-state index in [1.165, 1.54) is 87.6 Å². The van der Waals surface area contributed by atoms with Crippen LogP contribution in [0.1, 0.15) is 22.3 Å². The van der Waals surface area contributed by atoms with E-state index in [0.29, 0.717) is 0 Å². The fourth-order valence-electron chi connectivity index (χ4n) is 9.57. The van der Waals surface area contributed by atoms with E-state index < -0.39 is 16.1 Å². The predicted octanol–water partition coefficient (Wildman–Crippen LogP) is 16.0. The van der Waals surface area contributed by atoms with Crippen LogP contribution in [0, 0.1) is 0 Å². The van der Waals surface area contributed by atoms with Crippen molar-refractivity contribution in [1.29, 1.82) is 0 Å². The van der Waals surface area contributed by atoms with Crippen LogP contribution in [0.3, 0.4) is 0 Å². The maximum Gasteiger partial charge on any atom is 0.134 e. The molecule has 8 aromatic carbocycles. The second kappa shape index (κ2) is 16.1. The lowest BCUT2D eigenvalue weighted by Crippen LogP contribution is -2.37. The first-order valence-electron chi connectivity index (χ1n) is 21.7. The van der Waals surface area contributed by atoms with Crippen molar-refractivity contribution in [1.82, 2.24) is 0 Å². The minimum atomic E-state index is -2.11. The molecule has 0 N–H and O–H groups in total. The van der Waals surface area contributed by atoms with E-state index in [2.05, 4.69) is 267 Å². The summed E-state index contributed by atoms with van der Waals surface area (Å²) in [4.78, 5) is 5.02. The number of hydrogen-bond donors (Lipinski definition) is 0. The fraction of sp³-hybridized carbons (Fsp3) is 0.0690. The van der Waals surface area contributed by atoms with Crippen molar-refractivity contribution >= 4 is 83.0 Å². The summed E-state index contributed by atoms with van der Waals surface area (Å²) in [7, 11) is -4.21. The zero-order valence-electron chi connectivity index (χ0n) is 35.8. The van der Waals surface area contributed by atoms with Crippen molar-refractivity contribution in [2.75, 3.05) is 9.80 Å². The molecule has 0 bridgehead atoms. The number of anilines is 4. The van der Waals surface area contributed by atoms with Gasteiger partial charge >= 0.3 is 0 Å². The average molecular weight is 831 g/mol. The molecule has 0 amide bonds. The van der Waals surface area contributed by atoms with E-state index in [9.17, 15) is 0 Å². The zero-order valence-corrected chi connectivity index (χ0v) is 37.8. The van der Waals surface area contributed by atoms with Crippen molar-refractivity contribution in [2.24, 2.45) is 0 Å². The Hall–Kier alpha value is -6.99. The Labute approximate surface area is 368 Å².